The highest BCUT2D eigenvalue weighted by atomic mass is 15.5. The van der Waals surface area contributed by atoms with Crippen LogP contribution in [0.3, 0.4) is 0 Å². The predicted molar refractivity (Wildman–Crippen MR) is 71.9 cm³/mol. The van der Waals surface area contributed by atoms with Crippen molar-refractivity contribution in [1.82, 2.24) is 30.2 Å². The molecule has 7 heteroatoms. The highest BCUT2D eigenvalue weighted by molar-refractivity contribution is 5.50. The Morgan fingerprint density at radius 3 is 2.68 bits per heavy atom. The van der Waals surface area contributed by atoms with Crippen LogP contribution in [0.15, 0.2) is 48.9 Å². The highest BCUT2D eigenvalue weighted by Crippen LogP contribution is 2.10. The molecule has 7 nitrogen and oxygen atoms in total. The molecule has 96 valence electrons. The summed E-state index contributed by atoms with van der Waals surface area (Å²) in [6.07, 6.45) is 5.14. The summed E-state index contributed by atoms with van der Waals surface area (Å²) in [5, 5.41) is 9.06. The summed E-state index contributed by atoms with van der Waals surface area (Å²) in [4.78, 5) is 10.1. The van der Waals surface area contributed by atoms with Crippen LogP contribution in [-0.2, 0) is 0 Å². The van der Waals surface area contributed by atoms with E-state index < -0.39 is 0 Å². The van der Waals surface area contributed by atoms with Crippen molar-refractivity contribution in [3.05, 3.63) is 48.9 Å². The number of H-pyrrole nitrogens is 3. The summed E-state index contributed by atoms with van der Waals surface area (Å²) in [6, 6.07) is 9.30. The minimum Gasteiger partial charge on any atom is -0.397 e. The fourth-order valence-electron chi connectivity index (χ4n) is 1.63. The molecule has 0 atom stereocenters. The number of nitrogens with zero attached hydrogens (tertiary/aromatic N) is 3. The molecule has 5 N–H and O–H groups in total. The van der Waals surface area contributed by atoms with E-state index in [9.17, 15) is 0 Å². The van der Waals surface area contributed by atoms with Gasteiger partial charge in [-0.25, -0.2) is 10.2 Å². The topological polar surface area (TPSA) is 104 Å². The van der Waals surface area contributed by atoms with Gasteiger partial charge in [-0.3, -0.25) is 15.2 Å². The third-order valence-electron chi connectivity index (χ3n) is 2.58. The summed E-state index contributed by atoms with van der Waals surface area (Å²) >= 11 is 0. The van der Waals surface area contributed by atoms with Crippen LogP contribution < -0.4 is 5.73 Å². The van der Waals surface area contributed by atoms with Crippen LogP contribution >= 0.6 is 0 Å². The largest absolute Gasteiger partial charge is 0.397 e. The van der Waals surface area contributed by atoms with E-state index >= 15 is 0 Å². The number of hydrogen-bond donors (Lipinski definition) is 4. The van der Waals surface area contributed by atoms with E-state index in [0.717, 1.165) is 11.4 Å². The van der Waals surface area contributed by atoms with E-state index in [1.165, 1.54) is 0 Å². The average molecular weight is 255 g/mol. The van der Waals surface area contributed by atoms with E-state index in [1.54, 1.807) is 35.5 Å². The molecule has 0 saturated carbocycles. The highest BCUT2D eigenvalue weighted by Gasteiger charge is 2.00. The zero-order valence-electron chi connectivity index (χ0n) is 10.0. The van der Waals surface area contributed by atoms with Gasteiger partial charge in [0.05, 0.1) is 23.3 Å². The lowest BCUT2D eigenvalue weighted by atomic mass is 10.3. The maximum Gasteiger partial charge on any atom is 0.171 e. The molecule has 3 aromatic rings. The van der Waals surface area contributed by atoms with Gasteiger partial charge in [-0.1, -0.05) is 6.07 Å². The zero-order valence-corrected chi connectivity index (χ0v) is 10.0. The van der Waals surface area contributed by atoms with Crippen molar-refractivity contribution in [2.75, 3.05) is 5.73 Å². The first-order valence-electron chi connectivity index (χ1n) is 5.74. The molecular weight excluding hydrogens is 242 g/mol. The van der Waals surface area contributed by atoms with Crippen LogP contribution in [0, 0.1) is 0 Å². The molecule has 0 radical (unpaired) electrons. The zero-order chi connectivity index (χ0) is 13.1. The Kier molecular flexibility index (Phi) is 2.77. The molecule has 0 aliphatic carbocycles. The smallest absolute Gasteiger partial charge is 0.171 e. The van der Waals surface area contributed by atoms with Crippen LogP contribution in [0.25, 0.3) is 17.2 Å². The molecule has 0 aliphatic heterocycles. The quantitative estimate of drug-likeness (QED) is 0.559. The number of nitrogens with one attached hydrogen (secondary N) is 3. The maximum absolute atomic E-state index is 5.60. The van der Waals surface area contributed by atoms with E-state index in [2.05, 4.69) is 25.4 Å². The van der Waals surface area contributed by atoms with E-state index in [-0.39, 0.29) is 0 Å². The lowest BCUT2D eigenvalue weighted by molar-refractivity contribution is 0.625. The Morgan fingerprint density at radius 1 is 1.11 bits per heavy atom. The number of nitrogens with two attached hydrogens (primary N) is 1. The van der Waals surface area contributed by atoms with Gasteiger partial charge < -0.3 is 5.73 Å². The fourth-order valence-corrected chi connectivity index (χ4v) is 1.63. The van der Waals surface area contributed by atoms with Gasteiger partial charge in [0.25, 0.3) is 0 Å². The molecule has 19 heavy (non-hydrogen) atoms. The van der Waals surface area contributed by atoms with Crippen molar-refractivity contribution in [3.63, 3.8) is 0 Å². The predicted octanol–water partition coefficient (Wildman–Crippen LogP) is 1.63. The van der Waals surface area contributed by atoms with Gasteiger partial charge in [0.2, 0.25) is 0 Å². The van der Waals surface area contributed by atoms with Crippen LogP contribution in [0.4, 0.5) is 5.69 Å². The van der Waals surface area contributed by atoms with Crippen LogP contribution in [-0.4, -0.2) is 30.2 Å². The minimum atomic E-state index is 0.624. The third-order valence-corrected chi connectivity index (χ3v) is 2.58. The first kappa shape index (κ1) is 11.1. The number of hydrogen-bond acceptors (Lipinski definition) is 3. The van der Waals surface area contributed by atoms with Crippen molar-refractivity contribution in [3.8, 4) is 17.2 Å². The molecular formula is C12H13N7. The molecule has 0 fully saturated rings. The number of pyridine rings is 2. The number of nitrogen functional groups attached to an aromatic ring is 1. The van der Waals surface area contributed by atoms with E-state index in [4.69, 9.17) is 5.73 Å². The first-order chi connectivity index (χ1) is 9.33. The second-order valence-electron chi connectivity index (χ2n) is 3.92. The number of anilines is 1. The van der Waals surface area contributed by atoms with Crippen molar-refractivity contribution < 1.29 is 0 Å². The number of aromatic nitrogens is 6. The number of aromatic amines is 3. The fraction of sp³-hybridized carbons (Fsp3) is 0. The van der Waals surface area contributed by atoms with Crippen molar-refractivity contribution in [2.45, 2.75) is 0 Å². The Morgan fingerprint density at radius 2 is 2.05 bits per heavy atom. The van der Waals surface area contributed by atoms with Gasteiger partial charge in [-0.2, -0.15) is 4.80 Å². The van der Waals surface area contributed by atoms with Crippen molar-refractivity contribution in [1.29, 1.82) is 0 Å². The SMILES string of the molecule is Nc1ccc(-n2[nH]cc(-c3ccccn3)[nH][nH]2)nc1. The second-order valence-corrected chi connectivity index (χ2v) is 3.92. The van der Waals surface area contributed by atoms with Crippen molar-refractivity contribution in [2.24, 2.45) is 0 Å². The number of rotatable bonds is 2. The normalized spacial score (nSPS) is 10.3. The molecule has 3 heterocycles. The molecule has 0 unspecified atom stereocenters. The van der Waals surface area contributed by atoms with Crippen LogP contribution in [0.1, 0.15) is 0 Å². The molecule has 0 amide bonds. The van der Waals surface area contributed by atoms with Gasteiger partial charge in [0, 0.05) is 12.4 Å². The summed E-state index contributed by atoms with van der Waals surface area (Å²) in [5.41, 5.74) is 7.90. The van der Waals surface area contributed by atoms with E-state index in [1.807, 2.05) is 18.2 Å². The lowest BCUT2D eigenvalue weighted by Gasteiger charge is -2.08. The minimum absolute atomic E-state index is 0.624. The Labute approximate surface area is 108 Å². The lowest BCUT2D eigenvalue weighted by Crippen LogP contribution is -2.09. The molecule has 3 aromatic heterocycles. The van der Waals surface area contributed by atoms with Crippen LogP contribution in [0.5, 0.6) is 0 Å². The van der Waals surface area contributed by atoms with E-state index in [0.29, 0.717) is 11.5 Å². The van der Waals surface area contributed by atoms with Gasteiger partial charge in [-0.15, -0.1) is 0 Å². The molecule has 0 aromatic carbocycles. The first-order valence-corrected chi connectivity index (χ1v) is 5.74. The Bertz CT molecular complexity index is 665. The summed E-state index contributed by atoms with van der Waals surface area (Å²) < 4.78 is 0. The summed E-state index contributed by atoms with van der Waals surface area (Å²) in [6.45, 7) is 0. The maximum atomic E-state index is 5.60. The Balaban J connectivity index is 1.93. The Hall–Kier alpha value is -2.96. The van der Waals surface area contributed by atoms with Crippen LogP contribution in [0.2, 0.25) is 0 Å². The summed E-state index contributed by atoms with van der Waals surface area (Å²) in [5.74, 6) is 0.693. The van der Waals surface area contributed by atoms with Gasteiger partial charge in [0.1, 0.15) is 0 Å². The molecule has 0 saturated heterocycles. The van der Waals surface area contributed by atoms with Gasteiger partial charge >= 0.3 is 0 Å². The molecule has 0 bridgehead atoms. The van der Waals surface area contributed by atoms with Gasteiger partial charge in [0.15, 0.2) is 5.82 Å². The monoisotopic (exact) mass is 255 g/mol. The molecule has 0 spiro atoms. The summed E-state index contributed by atoms with van der Waals surface area (Å²) in [7, 11) is 0. The standard InChI is InChI=1S/C12H13N7/c13-9-4-5-12(15-7-9)19-16-8-11(17-18-19)10-3-1-2-6-14-10/h1-8,16-18H,13H2. The molecule has 3 rings (SSSR count). The van der Waals surface area contributed by atoms with Gasteiger partial charge in [-0.05, 0) is 24.3 Å². The second kappa shape index (κ2) is 4.73. The third kappa shape index (κ3) is 2.34. The van der Waals surface area contributed by atoms with Crippen molar-refractivity contribution >= 4 is 5.69 Å². The average Bonchev–Trinajstić information content (AvgIpc) is 2.49. The molecule has 0 aliphatic rings.